The molecule has 33 heavy (non-hydrogen) atoms. The molecule has 9 nitrogen and oxygen atoms in total. The monoisotopic (exact) mass is 442 g/mol. The summed E-state index contributed by atoms with van der Waals surface area (Å²) in [6.45, 7) is 7.39. The van der Waals surface area contributed by atoms with E-state index in [1.54, 1.807) is 37.1 Å². The van der Waals surface area contributed by atoms with Gasteiger partial charge in [-0.15, -0.1) is 0 Å². The van der Waals surface area contributed by atoms with Gasteiger partial charge in [-0.2, -0.15) is 9.78 Å². The van der Waals surface area contributed by atoms with Crippen LogP contribution >= 0.6 is 0 Å². The summed E-state index contributed by atoms with van der Waals surface area (Å²) in [5.41, 5.74) is 2.99. The Morgan fingerprint density at radius 2 is 1.85 bits per heavy atom. The van der Waals surface area contributed by atoms with E-state index in [0.717, 1.165) is 22.0 Å². The predicted octanol–water partition coefficient (Wildman–Crippen LogP) is 5.47. The van der Waals surface area contributed by atoms with Gasteiger partial charge in [0.2, 0.25) is 0 Å². The van der Waals surface area contributed by atoms with E-state index in [2.05, 4.69) is 25.4 Å². The fourth-order valence-electron chi connectivity index (χ4n) is 3.64. The Morgan fingerprint density at radius 1 is 1.06 bits per heavy atom. The molecule has 5 rings (SSSR count). The average Bonchev–Trinajstić information content (AvgIpc) is 3.38. The van der Waals surface area contributed by atoms with Crippen LogP contribution in [0.15, 0.2) is 59.7 Å². The molecule has 5 aromatic rings. The third kappa shape index (κ3) is 3.78. The van der Waals surface area contributed by atoms with Crippen molar-refractivity contribution in [3.8, 4) is 11.6 Å². The van der Waals surface area contributed by atoms with E-state index in [1.165, 1.54) is 4.68 Å². The molecule has 1 N–H and O–H groups in total. The standard InChI is InChI=1S/C24H22N6O3/c1-14-6-7-17(16-12-28-30(20(14)16)23(31)33-24(2,3)4)29-19-15-8-11-25-13-18(15)32-21(19)22-26-9-5-10-27-22/h5-13,29H,1-4H3. The fourth-order valence-corrected chi connectivity index (χ4v) is 3.64. The molecule has 0 amide bonds. The second kappa shape index (κ2) is 7.70. The molecule has 0 atom stereocenters. The largest absolute Gasteiger partial charge is 0.449 e. The van der Waals surface area contributed by atoms with E-state index >= 15 is 0 Å². The molecule has 0 spiro atoms. The summed E-state index contributed by atoms with van der Waals surface area (Å²) in [4.78, 5) is 25.6. The molecular formula is C24H22N6O3. The molecule has 0 fully saturated rings. The number of ether oxygens (including phenoxy) is 1. The normalized spacial score (nSPS) is 11.8. The third-order valence-corrected chi connectivity index (χ3v) is 5.02. The molecule has 0 saturated carbocycles. The first-order valence-electron chi connectivity index (χ1n) is 10.4. The summed E-state index contributed by atoms with van der Waals surface area (Å²) >= 11 is 0. The quantitative estimate of drug-likeness (QED) is 0.392. The first kappa shape index (κ1) is 20.6. The van der Waals surface area contributed by atoms with Gasteiger partial charge in [0, 0.05) is 35.1 Å². The zero-order chi connectivity index (χ0) is 23.2. The number of pyridine rings is 1. The SMILES string of the molecule is Cc1ccc(Nc2c(-c3ncccn3)oc3cnccc23)c2cnn(C(=O)OC(C)(C)C)c12. The molecule has 0 bridgehead atoms. The van der Waals surface area contributed by atoms with Gasteiger partial charge in [-0.05, 0) is 51.5 Å². The highest BCUT2D eigenvalue weighted by Crippen LogP contribution is 2.39. The van der Waals surface area contributed by atoms with E-state index in [-0.39, 0.29) is 0 Å². The number of fused-ring (bicyclic) bond motifs is 2. The summed E-state index contributed by atoms with van der Waals surface area (Å²) in [7, 11) is 0. The molecule has 0 aliphatic carbocycles. The van der Waals surface area contributed by atoms with Gasteiger partial charge in [0.05, 0.1) is 23.6 Å². The Kier molecular flexibility index (Phi) is 4.81. The number of aromatic nitrogens is 5. The summed E-state index contributed by atoms with van der Waals surface area (Å²) in [5, 5.41) is 9.38. The van der Waals surface area contributed by atoms with Crippen molar-refractivity contribution in [1.82, 2.24) is 24.7 Å². The van der Waals surface area contributed by atoms with Gasteiger partial charge < -0.3 is 14.5 Å². The Bertz CT molecular complexity index is 1480. The smallest absolute Gasteiger partial charge is 0.435 e. The minimum Gasteiger partial charge on any atom is -0.449 e. The van der Waals surface area contributed by atoms with E-state index in [9.17, 15) is 4.79 Å². The summed E-state index contributed by atoms with van der Waals surface area (Å²) < 4.78 is 12.9. The van der Waals surface area contributed by atoms with Crippen LogP contribution < -0.4 is 5.32 Å². The van der Waals surface area contributed by atoms with Crippen LogP contribution in [-0.4, -0.2) is 36.4 Å². The van der Waals surface area contributed by atoms with Crippen LogP contribution in [0.4, 0.5) is 16.2 Å². The van der Waals surface area contributed by atoms with E-state index in [0.29, 0.717) is 28.4 Å². The molecule has 4 aromatic heterocycles. The number of hydrogen-bond acceptors (Lipinski definition) is 8. The number of aryl methyl sites for hydroxylation is 1. The molecule has 0 aliphatic heterocycles. The van der Waals surface area contributed by atoms with Gasteiger partial charge in [-0.1, -0.05) is 6.07 Å². The van der Waals surface area contributed by atoms with Gasteiger partial charge in [0.1, 0.15) is 5.60 Å². The molecule has 0 unspecified atom stereocenters. The molecule has 0 radical (unpaired) electrons. The summed E-state index contributed by atoms with van der Waals surface area (Å²) in [6, 6.07) is 7.47. The van der Waals surface area contributed by atoms with Crippen molar-refractivity contribution in [2.24, 2.45) is 0 Å². The maximum Gasteiger partial charge on any atom is 0.435 e. The Balaban J connectivity index is 1.64. The van der Waals surface area contributed by atoms with E-state index < -0.39 is 11.7 Å². The molecule has 4 heterocycles. The Labute approximate surface area is 189 Å². The second-order valence-electron chi connectivity index (χ2n) is 8.60. The Morgan fingerprint density at radius 3 is 2.61 bits per heavy atom. The lowest BCUT2D eigenvalue weighted by atomic mass is 10.1. The van der Waals surface area contributed by atoms with Crippen molar-refractivity contribution >= 4 is 39.3 Å². The highest BCUT2D eigenvalue weighted by Gasteiger charge is 2.23. The minimum atomic E-state index is -0.631. The lowest BCUT2D eigenvalue weighted by Crippen LogP contribution is -2.27. The lowest BCUT2D eigenvalue weighted by Gasteiger charge is -2.19. The Hall–Kier alpha value is -4.27. The maximum atomic E-state index is 12.7. The highest BCUT2D eigenvalue weighted by molar-refractivity contribution is 6.04. The van der Waals surface area contributed by atoms with Crippen molar-refractivity contribution in [3.63, 3.8) is 0 Å². The van der Waals surface area contributed by atoms with Gasteiger partial charge in [-0.3, -0.25) is 4.98 Å². The van der Waals surface area contributed by atoms with E-state index in [4.69, 9.17) is 9.15 Å². The zero-order valence-corrected chi connectivity index (χ0v) is 18.7. The number of nitrogens with one attached hydrogen (secondary N) is 1. The minimum absolute atomic E-state index is 0.448. The number of hydrogen-bond donors (Lipinski definition) is 1. The highest BCUT2D eigenvalue weighted by atomic mass is 16.6. The van der Waals surface area contributed by atoms with Crippen molar-refractivity contribution in [1.29, 1.82) is 0 Å². The average molecular weight is 442 g/mol. The van der Waals surface area contributed by atoms with Crippen molar-refractivity contribution in [2.75, 3.05) is 5.32 Å². The van der Waals surface area contributed by atoms with Crippen LogP contribution in [0.25, 0.3) is 33.5 Å². The first-order chi connectivity index (χ1) is 15.8. The van der Waals surface area contributed by atoms with E-state index in [1.807, 2.05) is 45.9 Å². The summed E-state index contributed by atoms with van der Waals surface area (Å²) in [6.07, 6.45) is 7.79. The molecular weight excluding hydrogens is 420 g/mol. The van der Waals surface area contributed by atoms with Crippen LogP contribution in [0.3, 0.4) is 0 Å². The van der Waals surface area contributed by atoms with Crippen LogP contribution in [-0.2, 0) is 4.74 Å². The van der Waals surface area contributed by atoms with Crippen molar-refractivity contribution < 1.29 is 13.9 Å². The fraction of sp³-hybridized carbons (Fsp3) is 0.208. The number of carbonyl (C=O) groups excluding carboxylic acids is 1. The number of carbonyl (C=O) groups is 1. The molecule has 0 saturated heterocycles. The summed E-state index contributed by atoms with van der Waals surface area (Å²) in [5.74, 6) is 0.941. The number of rotatable bonds is 3. The molecule has 9 heteroatoms. The van der Waals surface area contributed by atoms with Gasteiger partial charge in [-0.25, -0.2) is 14.8 Å². The van der Waals surface area contributed by atoms with Gasteiger partial charge >= 0.3 is 6.09 Å². The number of anilines is 2. The maximum absolute atomic E-state index is 12.7. The third-order valence-electron chi connectivity index (χ3n) is 5.02. The molecule has 166 valence electrons. The second-order valence-corrected chi connectivity index (χ2v) is 8.60. The lowest BCUT2D eigenvalue weighted by molar-refractivity contribution is 0.0522. The van der Waals surface area contributed by atoms with Crippen LogP contribution in [0, 0.1) is 6.92 Å². The van der Waals surface area contributed by atoms with Gasteiger partial charge in [0.25, 0.3) is 0 Å². The number of furan rings is 1. The van der Waals surface area contributed by atoms with Crippen molar-refractivity contribution in [3.05, 3.63) is 60.8 Å². The van der Waals surface area contributed by atoms with Crippen LogP contribution in [0.2, 0.25) is 0 Å². The number of nitrogens with zero attached hydrogens (tertiary/aromatic N) is 5. The first-order valence-corrected chi connectivity index (χ1v) is 10.4. The topological polar surface area (TPSA) is 108 Å². The van der Waals surface area contributed by atoms with Crippen LogP contribution in [0.1, 0.15) is 26.3 Å². The van der Waals surface area contributed by atoms with Gasteiger partial charge in [0.15, 0.2) is 17.2 Å². The predicted molar refractivity (Wildman–Crippen MR) is 124 cm³/mol. The molecule has 1 aromatic carbocycles. The zero-order valence-electron chi connectivity index (χ0n) is 18.7. The molecule has 0 aliphatic rings. The number of benzene rings is 1. The van der Waals surface area contributed by atoms with Crippen LogP contribution in [0.5, 0.6) is 0 Å². The van der Waals surface area contributed by atoms with Crippen molar-refractivity contribution in [2.45, 2.75) is 33.3 Å².